The number of fused-ring (bicyclic) bond motifs is 1. The van der Waals surface area contributed by atoms with Gasteiger partial charge in [-0.05, 0) is 46.6 Å². The molecule has 1 nitrogen and oxygen atoms in total. The van der Waals surface area contributed by atoms with E-state index in [2.05, 4.69) is 24.4 Å². The van der Waals surface area contributed by atoms with E-state index in [1.54, 1.807) is 6.07 Å². The van der Waals surface area contributed by atoms with Crippen LogP contribution in [0, 0.1) is 5.82 Å². The quantitative estimate of drug-likeness (QED) is 0.726. The van der Waals surface area contributed by atoms with Gasteiger partial charge in [0.2, 0.25) is 0 Å². The number of halogens is 1. The first-order valence-electron chi connectivity index (χ1n) is 7.26. The van der Waals surface area contributed by atoms with Gasteiger partial charge in [0.15, 0.2) is 0 Å². The Hall–Kier alpha value is -2.19. The van der Waals surface area contributed by atoms with Crippen LogP contribution in [0.5, 0.6) is 0 Å². The monoisotopic (exact) mass is 279 g/mol. The largest absolute Gasteiger partial charge is 0.313 e. The zero-order chi connectivity index (χ0) is 14.7. The molecule has 0 aliphatic carbocycles. The minimum atomic E-state index is -0.175. The van der Waals surface area contributed by atoms with E-state index in [0.717, 1.165) is 29.6 Å². The lowest BCUT2D eigenvalue weighted by atomic mass is 9.99. The predicted octanol–water partition coefficient (Wildman–Crippen LogP) is 4.76. The van der Waals surface area contributed by atoms with Crippen molar-refractivity contribution in [2.45, 2.75) is 13.5 Å². The van der Waals surface area contributed by atoms with E-state index in [9.17, 15) is 4.39 Å². The number of rotatable bonds is 4. The van der Waals surface area contributed by atoms with Crippen molar-refractivity contribution >= 4 is 10.8 Å². The van der Waals surface area contributed by atoms with Gasteiger partial charge in [-0.25, -0.2) is 4.39 Å². The number of hydrogen-bond acceptors (Lipinski definition) is 1. The van der Waals surface area contributed by atoms with Crippen molar-refractivity contribution in [3.63, 3.8) is 0 Å². The molecule has 0 heterocycles. The molecule has 0 amide bonds. The minimum Gasteiger partial charge on any atom is -0.313 e. The number of benzene rings is 3. The van der Waals surface area contributed by atoms with E-state index in [0.29, 0.717) is 5.56 Å². The summed E-state index contributed by atoms with van der Waals surface area (Å²) >= 11 is 0. The van der Waals surface area contributed by atoms with Gasteiger partial charge in [-0.3, -0.25) is 0 Å². The highest BCUT2D eigenvalue weighted by molar-refractivity contribution is 5.87. The highest BCUT2D eigenvalue weighted by Gasteiger charge is 2.07. The maximum Gasteiger partial charge on any atom is 0.131 e. The van der Waals surface area contributed by atoms with Gasteiger partial charge in [0, 0.05) is 12.1 Å². The van der Waals surface area contributed by atoms with Crippen molar-refractivity contribution in [1.82, 2.24) is 5.32 Å². The van der Waals surface area contributed by atoms with Crippen LogP contribution in [0.2, 0.25) is 0 Å². The predicted molar refractivity (Wildman–Crippen MR) is 86.7 cm³/mol. The van der Waals surface area contributed by atoms with Gasteiger partial charge >= 0.3 is 0 Å². The van der Waals surface area contributed by atoms with Crippen LogP contribution in [0.15, 0.2) is 60.7 Å². The third-order valence-electron chi connectivity index (χ3n) is 3.67. The van der Waals surface area contributed by atoms with Crippen LogP contribution in [0.3, 0.4) is 0 Å². The fraction of sp³-hybridized carbons (Fsp3) is 0.158. The molecule has 0 aliphatic rings. The van der Waals surface area contributed by atoms with Gasteiger partial charge < -0.3 is 5.32 Å². The van der Waals surface area contributed by atoms with Crippen LogP contribution in [0.25, 0.3) is 21.9 Å². The van der Waals surface area contributed by atoms with Crippen LogP contribution in [0.1, 0.15) is 12.5 Å². The summed E-state index contributed by atoms with van der Waals surface area (Å²) in [5, 5.41) is 5.57. The molecule has 0 aromatic heterocycles. The summed E-state index contributed by atoms with van der Waals surface area (Å²) in [6, 6.07) is 19.5. The average Bonchev–Trinajstić information content (AvgIpc) is 2.53. The Morgan fingerprint density at radius 3 is 2.52 bits per heavy atom. The Morgan fingerprint density at radius 1 is 0.905 bits per heavy atom. The van der Waals surface area contributed by atoms with Crippen LogP contribution < -0.4 is 5.32 Å². The van der Waals surface area contributed by atoms with E-state index >= 15 is 0 Å². The molecular weight excluding hydrogens is 261 g/mol. The molecule has 21 heavy (non-hydrogen) atoms. The fourth-order valence-corrected chi connectivity index (χ4v) is 2.53. The molecule has 0 fully saturated rings. The van der Waals surface area contributed by atoms with E-state index in [1.165, 1.54) is 5.39 Å². The molecule has 0 unspecified atom stereocenters. The Balaban J connectivity index is 2.04. The summed E-state index contributed by atoms with van der Waals surface area (Å²) in [5.41, 5.74) is 2.68. The van der Waals surface area contributed by atoms with Crippen molar-refractivity contribution in [2.75, 3.05) is 6.54 Å². The summed E-state index contributed by atoms with van der Waals surface area (Å²) in [7, 11) is 0. The molecule has 2 heteroatoms. The lowest BCUT2D eigenvalue weighted by molar-refractivity contribution is 0.629. The molecule has 0 saturated heterocycles. The smallest absolute Gasteiger partial charge is 0.131 e. The molecule has 0 aliphatic heterocycles. The highest BCUT2D eigenvalue weighted by Crippen LogP contribution is 2.27. The zero-order valence-electron chi connectivity index (χ0n) is 12.1. The first-order valence-corrected chi connectivity index (χ1v) is 7.26. The molecule has 3 rings (SSSR count). The molecule has 0 bridgehead atoms. The van der Waals surface area contributed by atoms with E-state index in [1.807, 2.05) is 42.5 Å². The van der Waals surface area contributed by atoms with Crippen molar-refractivity contribution in [3.05, 3.63) is 72.0 Å². The Labute approximate surface area is 124 Å². The van der Waals surface area contributed by atoms with Gasteiger partial charge in [0.25, 0.3) is 0 Å². The second kappa shape index (κ2) is 6.06. The van der Waals surface area contributed by atoms with Gasteiger partial charge in [0.1, 0.15) is 5.82 Å². The van der Waals surface area contributed by atoms with E-state index in [-0.39, 0.29) is 5.82 Å². The molecule has 0 radical (unpaired) electrons. The van der Waals surface area contributed by atoms with Crippen LogP contribution >= 0.6 is 0 Å². The van der Waals surface area contributed by atoms with E-state index in [4.69, 9.17) is 0 Å². The first kappa shape index (κ1) is 13.8. The summed E-state index contributed by atoms with van der Waals surface area (Å²) in [5.74, 6) is -0.175. The highest BCUT2D eigenvalue weighted by atomic mass is 19.1. The lowest BCUT2D eigenvalue weighted by Gasteiger charge is -2.09. The van der Waals surface area contributed by atoms with Crippen molar-refractivity contribution < 1.29 is 4.39 Å². The van der Waals surface area contributed by atoms with Crippen molar-refractivity contribution in [2.24, 2.45) is 0 Å². The molecule has 3 aromatic rings. The third-order valence-corrected chi connectivity index (χ3v) is 3.67. The maximum atomic E-state index is 14.2. The molecule has 3 aromatic carbocycles. The number of hydrogen-bond donors (Lipinski definition) is 1. The summed E-state index contributed by atoms with van der Waals surface area (Å²) < 4.78 is 14.2. The van der Waals surface area contributed by atoms with Crippen molar-refractivity contribution in [1.29, 1.82) is 0 Å². The normalized spacial score (nSPS) is 11.0. The standard InChI is InChI=1S/C19H18FN/c1-2-21-13-14-7-10-19(20)18(11-14)17-9-8-15-5-3-4-6-16(15)12-17/h3-12,21H,2,13H2,1H3. The maximum absolute atomic E-state index is 14.2. The lowest BCUT2D eigenvalue weighted by Crippen LogP contribution is -2.11. The second-order valence-electron chi connectivity index (χ2n) is 5.16. The molecule has 0 spiro atoms. The summed E-state index contributed by atoms with van der Waals surface area (Å²) in [6.07, 6.45) is 0. The third kappa shape index (κ3) is 2.96. The van der Waals surface area contributed by atoms with Crippen molar-refractivity contribution in [3.8, 4) is 11.1 Å². The fourth-order valence-electron chi connectivity index (χ4n) is 2.53. The SMILES string of the molecule is CCNCc1ccc(F)c(-c2ccc3ccccc3c2)c1. The van der Waals surface area contributed by atoms with Crippen LogP contribution in [-0.4, -0.2) is 6.54 Å². The Kier molecular flexibility index (Phi) is 3.98. The molecular formula is C19H18FN. The first-order chi connectivity index (χ1) is 10.3. The van der Waals surface area contributed by atoms with Crippen LogP contribution in [-0.2, 0) is 6.54 Å². The molecule has 1 N–H and O–H groups in total. The molecule has 0 saturated carbocycles. The molecule has 106 valence electrons. The van der Waals surface area contributed by atoms with Gasteiger partial charge in [-0.15, -0.1) is 0 Å². The Morgan fingerprint density at radius 2 is 1.71 bits per heavy atom. The number of nitrogens with one attached hydrogen (secondary N) is 1. The minimum absolute atomic E-state index is 0.175. The van der Waals surface area contributed by atoms with Crippen LogP contribution in [0.4, 0.5) is 4.39 Å². The summed E-state index contributed by atoms with van der Waals surface area (Å²) in [4.78, 5) is 0. The summed E-state index contributed by atoms with van der Waals surface area (Å²) in [6.45, 7) is 3.73. The van der Waals surface area contributed by atoms with E-state index < -0.39 is 0 Å². The average molecular weight is 279 g/mol. The second-order valence-corrected chi connectivity index (χ2v) is 5.16. The zero-order valence-corrected chi connectivity index (χ0v) is 12.1. The van der Waals surface area contributed by atoms with Gasteiger partial charge in [0.05, 0.1) is 0 Å². The molecule has 0 atom stereocenters. The van der Waals surface area contributed by atoms with Gasteiger partial charge in [-0.2, -0.15) is 0 Å². The van der Waals surface area contributed by atoms with Gasteiger partial charge in [-0.1, -0.05) is 49.4 Å². The topological polar surface area (TPSA) is 12.0 Å². The Bertz CT molecular complexity index is 764.